The van der Waals surface area contributed by atoms with Gasteiger partial charge >= 0.3 is 12.0 Å². The van der Waals surface area contributed by atoms with Gasteiger partial charge in [0.1, 0.15) is 22.9 Å². The fourth-order valence-electron chi connectivity index (χ4n) is 4.15. The number of aromatic carboxylic acids is 1. The first-order valence-electron chi connectivity index (χ1n) is 12.5. The number of rotatable bonds is 8. The summed E-state index contributed by atoms with van der Waals surface area (Å²) >= 11 is 0. The van der Waals surface area contributed by atoms with Crippen LogP contribution in [0.3, 0.4) is 0 Å². The number of ether oxygens (including phenoxy) is 2. The van der Waals surface area contributed by atoms with E-state index in [0.717, 1.165) is 5.56 Å². The van der Waals surface area contributed by atoms with Crippen molar-refractivity contribution in [2.75, 3.05) is 14.1 Å². The van der Waals surface area contributed by atoms with Gasteiger partial charge in [0.25, 0.3) is 11.8 Å². The lowest BCUT2D eigenvalue weighted by Gasteiger charge is -2.13. The second-order valence-corrected chi connectivity index (χ2v) is 9.27. The zero-order valence-electron chi connectivity index (χ0n) is 22.4. The lowest BCUT2D eigenvalue weighted by Crippen LogP contribution is -2.21. The van der Waals surface area contributed by atoms with Gasteiger partial charge in [-0.25, -0.2) is 9.78 Å². The van der Waals surface area contributed by atoms with Crippen LogP contribution < -0.4 is 9.47 Å². The first-order chi connectivity index (χ1) is 19.7. The molecule has 2 heterocycles. The van der Waals surface area contributed by atoms with Gasteiger partial charge in [-0.05, 0) is 48.9 Å². The third-order valence-corrected chi connectivity index (χ3v) is 6.16. The van der Waals surface area contributed by atoms with Crippen LogP contribution in [-0.2, 0) is 6.54 Å². The molecule has 0 unspecified atom stereocenters. The number of nitriles is 1. The number of carbonyl (C=O) groups excluding carboxylic acids is 1. The fraction of sp³-hybridized carbons (Fsp3) is 0.133. The molecule has 0 spiro atoms. The van der Waals surface area contributed by atoms with E-state index in [1.165, 1.54) is 23.1 Å². The predicted octanol–water partition coefficient (Wildman–Crippen LogP) is 5.04. The molecule has 204 valence electrons. The highest BCUT2D eigenvalue weighted by Crippen LogP contribution is 2.33. The molecule has 0 saturated heterocycles. The number of carboxylic acid groups (broad SMARTS) is 1. The predicted molar refractivity (Wildman–Crippen MR) is 148 cm³/mol. The number of imidazole rings is 1. The van der Waals surface area contributed by atoms with Crippen molar-refractivity contribution in [3.05, 3.63) is 101 Å². The normalized spacial score (nSPS) is 10.7. The highest BCUT2D eigenvalue weighted by atomic mass is 16.5. The van der Waals surface area contributed by atoms with E-state index in [9.17, 15) is 20.0 Å². The summed E-state index contributed by atoms with van der Waals surface area (Å²) in [7, 11) is 3.31. The molecule has 0 fully saturated rings. The van der Waals surface area contributed by atoms with Crippen LogP contribution in [0.1, 0.15) is 37.7 Å². The van der Waals surface area contributed by atoms with Crippen molar-refractivity contribution < 1.29 is 24.2 Å². The van der Waals surface area contributed by atoms with Gasteiger partial charge in [-0.15, -0.1) is 0 Å². The molecule has 0 radical (unpaired) electrons. The van der Waals surface area contributed by atoms with Gasteiger partial charge in [-0.3, -0.25) is 4.79 Å². The summed E-state index contributed by atoms with van der Waals surface area (Å²) < 4.78 is 13.9. The van der Waals surface area contributed by atoms with Crippen molar-refractivity contribution in [2.24, 2.45) is 0 Å². The number of hydrogen-bond donors (Lipinski definition) is 1. The molecule has 11 heteroatoms. The topological polar surface area (TPSA) is 143 Å². The summed E-state index contributed by atoms with van der Waals surface area (Å²) in [5, 5.41) is 19.0. The molecule has 0 bridgehead atoms. The van der Waals surface area contributed by atoms with Crippen LogP contribution in [-0.4, -0.2) is 55.5 Å². The van der Waals surface area contributed by atoms with Gasteiger partial charge in [0.15, 0.2) is 11.2 Å². The molecule has 0 aliphatic heterocycles. The molecule has 41 heavy (non-hydrogen) atoms. The average Bonchev–Trinajstić information content (AvgIpc) is 3.27. The van der Waals surface area contributed by atoms with Gasteiger partial charge in [0, 0.05) is 19.7 Å². The maximum Gasteiger partial charge on any atom is 0.339 e. The monoisotopic (exact) mass is 548 g/mol. The molecule has 2 aromatic heterocycles. The summed E-state index contributed by atoms with van der Waals surface area (Å²) in [5.41, 5.74) is 2.19. The quantitative estimate of drug-likeness (QED) is 0.282. The number of benzene rings is 3. The standard InChI is InChI=1S/C30H24N6O5/c1-18-32-25-26(36(18)17-19-8-5-4-6-9-19)33-30(41-24-14-20(16-31)12-13-23(24)29(38)39)34-27(25)40-22-11-7-10-21(15-22)28(37)35(2)3/h4-15H,17H2,1-3H3,(H,38,39). The molecule has 5 aromatic rings. The van der Waals surface area contributed by atoms with E-state index in [2.05, 4.69) is 15.0 Å². The maximum absolute atomic E-state index is 12.5. The largest absolute Gasteiger partial charge is 0.478 e. The molecule has 0 aliphatic rings. The minimum Gasteiger partial charge on any atom is -0.478 e. The first-order valence-corrected chi connectivity index (χ1v) is 12.5. The molecule has 3 aromatic carbocycles. The van der Waals surface area contributed by atoms with E-state index in [0.29, 0.717) is 34.8 Å². The minimum absolute atomic E-state index is 0.0441. The van der Waals surface area contributed by atoms with E-state index >= 15 is 0 Å². The van der Waals surface area contributed by atoms with E-state index in [-0.39, 0.29) is 34.7 Å². The van der Waals surface area contributed by atoms with Crippen molar-refractivity contribution in [3.63, 3.8) is 0 Å². The number of aromatic nitrogens is 4. The summed E-state index contributed by atoms with van der Waals surface area (Å²) in [4.78, 5) is 39.5. The molecule has 11 nitrogen and oxygen atoms in total. The van der Waals surface area contributed by atoms with Crippen molar-refractivity contribution >= 4 is 23.0 Å². The second kappa shape index (κ2) is 11.2. The molecule has 1 amide bonds. The highest BCUT2D eigenvalue weighted by molar-refractivity contribution is 5.94. The van der Waals surface area contributed by atoms with Gasteiger partial charge in [-0.2, -0.15) is 15.2 Å². The Kier molecular flexibility index (Phi) is 7.30. The van der Waals surface area contributed by atoms with Crippen molar-refractivity contribution in [1.82, 2.24) is 24.4 Å². The van der Waals surface area contributed by atoms with Crippen molar-refractivity contribution in [1.29, 1.82) is 5.26 Å². The molecule has 1 N–H and O–H groups in total. The van der Waals surface area contributed by atoms with Crippen LogP contribution >= 0.6 is 0 Å². The van der Waals surface area contributed by atoms with Crippen LogP contribution in [0.4, 0.5) is 0 Å². The fourth-order valence-corrected chi connectivity index (χ4v) is 4.15. The van der Waals surface area contributed by atoms with Gasteiger partial charge in [-0.1, -0.05) is 36.4 Å². The molecule has 0 saturated carbocycles. The Bertz CT molecular complexity index is 1830. The minimum atomic E-state index is -1.24. The Hall–Kier alpha value is -5.76. The number of fused-ring (bicyclic) bond motifs is 1. The van der Waals surface area contributed by atoms with Crippen LogP contribution in [0, 0.1) is 18.3 Å². The summed E-state index contributed by atoms with van der Waals surface area (Å²) in [6, 6.07) is 22.1. The molecule has 0 aliphatic carbocycles. The SMILES string of the molecule is Cc1nc2c(Oc3cccc(C(=O)N(C)C)c3)nc(Oc3cc(C#N)ccc3C(=O)O)nc2n1Cc1ccccc1. The third-order valence-electron chi connectivity index (χ3n) is 6.16. The van der Waals surface area contributed by atoms with Crippen LogP contribution in [0.25, 0.3) is 11.2 Å². The Morgan fingerprint density at radius 1 is 0.976 bits per heavy atom. The van der Waals surface area contributed by atoms with Gasteiger partial charge in [0.05, 0.1) is 18.2 Å². The van der Waals surface area contributed by atoms with Crippen LogP contribution in [0.2, 0.25) is 0 Å². The number of carbonyl (C=O) groups is 2. The molecular formula is C30H24N6O5. The van der Waals surface area contributed by atoms with Crippen molar-refractivity contribution in [3.8, 4) is 29.5 Å². The van der Waals surface area contributed by atoms with E-state index < -0.39 is 5.97 Å². The smallest absolute Gasteiger partial charge is 0.339 e. The zero-order valence-corrected chi connectivity index (χ0v) is 22.4. The van der Waals surface area contributed by atoms with Gasteiger partial charge in [0.2, 0.25) is 0 Å². The number of carboxylic acids is 1. The summed E-state index contributed by atoms with van der Waals surface area (Å²) in [6.07, 6.45) is 0. The van der Waals surface area contributed by atoms with E-state index in [1.54, 1.807) is 38.4 Å². The maximum atomic E-state index is 12.5. The Morgan fingerprint density at radius 3 is 2.46 bits per heavy atom. The first kappa shape index (κ1) is 26.8. The van der Waals surface area contributed by atoms with Crippen molar-refractivity contribution in [2.45, 2.75) is 13.5 Å². The summed E-state index contributed by atoms with van der Waals surface area (Å²) in [6.45, 7) is 2.26. The Balaban J connectivity index is 1.64. The molecule has 5 rings (SSSR count). The Labute approximate surface area is 234 Å². The number of nitrogens with zero attached hydrogens (tertiary/aromatic N) is 6. The average molecular weight is 549 g/mol. The molecule has 0 atom stereocenters. The number of amides is 1. The second-order valence-electron chi connectivity index (χ2n) is 9.27. The van der Waals surface area contributed by atoms with Crippen LogP contribution in [0.5, 0.6) is 23.4 Å². The van der Waals surface area contributed by atoms with Crippen LogP contribution in [0.15, 0.2) is 72.8 Å². The summed E-state index contributed by atoms with van der Waals surface area (Å²) in [5.74, 6) is -0.539. The van der Waals surface area contributed by atoms with E-state index in [1.807, 2.05) is 47.9 Å². The van der Waals surface area contributed by atoms with E-state index in [4.69, 9.17) is 9.47 Å². The molecular weight excluding hydrogens is 524 g/mol. The van der Waals surface area contributed by atoms with Gasteiger partial charge < -0.3 is 24.0 Å². The lowest BCUT2D eigenvalue weighted by molar-refractivity contribution is 0.0693. The highest BCUT2D eigenvalue weighted by Gasteiger charge is 2.22. The number of hydrogen-bond acceptors (Lipinski definition) is 8. The Morgan fingerprint density at radius 2 is 1.76 bits per heavy atom. The number of aryl methyl sites for hydroxylation is 1. The zero-order chi connectivity index (χ0) is 29.1. The lowest BCUT2D eigenvalue weighted by atomic mass is 10.1. The third kappa shape index (κ3) is 5.67.